The second kappa shape index (κ2) is 6.55. The number of nitrogens with zero attached hydrogens (tertiary/aromatic N) is 2. The van der Waals surface area contributed by atoms with Crippen molar-refractivity contribution in [3.63, 3.8) is 0 Å². The van der Waals surface area contributed by atoms with Gasteiger partial charge in [-0.3, -0.25) is 0 Å². The predicted molar refractivity (Wildman–Crippen MR) is 83.8 cm³/mol. The van der Waals surface area contributed by atoms with Crippen molar-refractivity contribution in [1.82, 2.24) is 9.97 Å². The van der Waals surface area contributed by atoms with Crippen molar-refractivity contribution in [3.8, 4) is 5.75 Å². The zero-order chi connectivity index (χ0) is 16.4. The molecule has 0 amide bonds. The molecule has 1 aromatic heterocycles. The smallest absolute Gasteiger partial charge is 0.451 e. The highest BCUT2D eigenvalue weighted by molar-refractivity contribution is 8.00. The highest BCUT2D eigenvalue weighted by Gasteiger charge is 2.36. The van der Waals surface area contributed by atoms with Crippen LogP contribution in [0.2, 0.25) is 0 Å². The lowest BCUT2D eigenvalue weighted by molar-refractivity contribution is -0.145. The van der Waals surface area contributed by atoms with Gasteiger partial charge in [0.25, 0.3) is 0 Å². The molecule has 23 heavy (non-hydrogen) atoms. The molecule has 0 N–H and O–H groups in total. The summed E-state index contributed by atoms with van der Waals surface area (Å²) in [6.07, 6.45) is 0.939. The van der Waals surface area contributed by atoms with Crippen molar-refractivity contribution >= 4 is 22.7 Å². The molecular formula is C16H17F3N2OS. The van der Waals surface area contributed by atoms with Gasteiger partial charge in [0, 0.05) is 16.7 Å². The number of rotatable bonds is 3. The van der Waals surface area contributed by atoms with E-state index in [1.54, 1.807) is 12.1 Å². The van der Waals surface area contributed by atoms with E-state index in [4.69, 9.17) is 4.74 Å². The van der Waals surface area contributed by atoms with E-state index in [0.717, 1.165) is 25.7 Å². The Morgan fingerprint density at radius 1 is 1.13 bits per heavy atom. The number of benzene rings is 1. The Morgan fingerprint density at radius 3 is 2.52 bits per heavy atom. The highest BCUT2D eigenvalue weighted by atomic mass is 32.2. The van der Waals surface area contributed by atoms with Gasteiger partial charge in [0.1, 0.15) is 10.8 Å². The lowest BCUT2D eigenvalue weighted by Crippen LogP contribution is -2.13. The molecule has 7 heteroatoms. The van der Waals surface area contributed by atoms with Crippen molar-refractivity contribution in [2.24, 2.45) is 0 Å². The third-order valence-electron chi connectivity index (χ3n) is 3.95. The monoisotopic (exact) mass is 342 g/mol. The molecule has 1 aliphatic carbocycles. The first-order valence-electron chi connectivity index (χ1n) is 7.57. The number of methoxy groups -OCH3 is 1. The molecule has 1 aliphatic rings. The number of ether oxygens (including phenoxy) is 1. The van der Waals surface area contributed by atoms with Crippen molar-refractivity contribution in [2.75, 3.05) is 7.11 Å². The van der Waals surface area contributed by atoms with Crippen LogP contribution in [0.1, 0.15) is 37.9 Å². The molecule has 0 bridgehead atoms. The SMILES string of the molecule is COc1ccc2c(SC3CCCCC3)nc(C(F)(F)F)nc2c1. The van der Waals surface area contributed by atoms with E-state index in [1.165, 1.54) is 31.4 Å². The fourth-order valence-corrected chi connectivity index (χ4v) is 4.09. The van der Waals surface area contributed by atoms with Gasteiger partial charge in [-0.15, -0.1) is 11.8 Å². The van der Waals surface area contributed by atoms with Crippen LogP contribution in [-0.2, 0) is 6.18 Å². The molecule has 3 nitrogen and oxygen atoms in total. The van der Waals surface area contributed by atoms with Gasteiger partial charge in [-0.2, -0.15) is 13.2 Å². The summed E-state index contributed by atoms with van der Waals surface area (Å²) >= 11 is 1.45. The van der Waals surface area contributed by atoms with E-state index in [-0.39, 0.29) is 5.52 Å². The number of halogens is 3. The molecule has 1 heterocycles. The van der Waals surface area contributed by atoms with E-state index in [2.05, 4.69) is 9.97 Å². The Bertz CT molecular complexity index is 700. The Hall–Kier alpha value is -1.50. The number of alkyl halides is 3. The molecule has 1 fully saturated rings. The minimum atomic E-state index is -4.56. The van der Waals surface area contributed by atoms with E-state index in [1.807, 2.05) is 0 Å². The molecule has 0 unspecified atom stereocenters. The van der Waals surface area contributed by atoms with Gasteiger partial charge in [-0.05, 0) is 25.0 Å². The first kappa shape index (κ1) is 16.4. The number of aromatic nitrogens is 2. The molecular weight excluding hydrogens is 325 g/mol. The molecule has 3 rings (SSSR count). The van der Waals surface area contributed by atoms with Crippen LogP contribution in [0.3, 0.4) is 0 Å². The second-order valence-corrected chi connectivity index (χ2v) is 6.90. The summed E-state index contributed by atoms with van der Waals surface area (Å²) in [6, 6.07) is 4.99. The molecule has 0 saturated heterocycles. The van der Waals surface area contributed by atoms with Gasteiger partial charge < -0.3 is 4.74 Å². The summed E-state index contributed by atoms with van der Waals surface area (Å²) in [5.74, 6) is -0.602. The Kier molecular flexibility index (Phi) is 4.66. The molecule has 0 atom stereocenters. The lowest BCUT2D eigenvalue weighted by atomic mass is 10.0. The van der Waals surface area contributed by atoms with Crippen LogP contribution in [-0.4, -0.2) is 22.3 Å². The molecule has 2 aromatic rings. The summed E-state index contributed by atoms with van der Waals surface area (Å²) < 4.78 is 44.4. The van der Waals surface area contributed by atoms with Crippen LogP contribution in [0.4, 0.5) is 13.2 Å². The maximum absolute atomic E-state index is 13.1. The quantitative estimate of drug-likeness (QED) is 0.729. The summed E-state index contributed by atoms with van der Waals surface area (Å²) in [4.78, 5) is 7.49. The fourth-order valence-electron chi connectivity index (χ4n) is 2.76. The molecule has 0 aliphatic heterocycles. The summed E-state index contributed by atoms with van der Waals surface area (Å²) in [5.41, 5.74) is 0.269. The molecule has 0 radical (unpaired) electrons. The van der Waals surface area contributed by atoms with Gasteiger partial charge in [-0.25, -0.2) is 9.97 Å². The van der Waals surface area contributed by atoms with Gasteiger partial charge in [0.05, 0.1) is 12.6 Å². The third kappa shape index (κ3) is 3.71. The predicted octanol–water partition coefficient (Wildman–Crippen LogP) is 5.08. The highest BCUT2D eigenvalue weighted by Crippen LogP contribution is 2.38. The Balaban J connectivity index is 2.05. The van der Waals surface area contributed by atoms with Crippen LogP contribution in [0.25, 0.3) is 10.9 Å². The fraction of sp³-hybridized carbons (Fsp3) is 0.500. The average Bonchev–Trinajstić information content (AvgIpc) is 2.54. The molecule has 0 spiro atoms. The topological polar surface area (TPSA) is 35.0 Å². The first-order valence-corrected chi connectivity index (χ1v) is 8.45. The van der Waals surface area contributed by atoms with Crippen LogP contribution >= 0.6 is 11.8 Å². The lowest BCUT2D eigenvalue weighted by Gasteiger charge is -2.21. The zero-order valence-corrected chi connectivity index (χ0v) is 13.5. The molecule has 1 aromatic carbocycles. The van der Waals surface area contributed by atoms with Crippen molar-refractivity contribution in [2.45, 2.75) is 48.6 Å². The maximum Gasteiger partial charge on any atom is 0.451 e. The largest absolute Gasteiger partial charge is 0.497 e. The van der Waals surface area contributed by atoms with Crippen LogP contribution < -0.4 is 4.74 Å². The van der Waals surface area contributed by atoms with Crippen molar-refractivity contribution in [3.05, 3.63) is 24.0 Å². The minimum absolute atomic E-state index is 0.269. The second-order valence-electron chi connectivity index (χ2n) is 5.61. The van der Waals surface area contributed by atoms with Gasteiger partial charge in [-0.1, -0.05) is 19.3 Å². The molecule has 1 saturated carbocycles. The number of hydrogen-bond donors (Lipinski definition) is 0. The van der Waals surface area contributed by atoms with Crippen LogP contribution in [0.15, 0.2) is 23.2 Å². The normalized spacial score (nSPS) is 16.7. The summed E-state index contributed by atoms with van der Waals surface area (Å²) in [5, 5.41) is 1.39. The first-order chi connectivity index (χ1) is 11.0. The zero-order valence-electron chi connectivity index (χ0n) is 12.7. The molecule has 124 valence electrons. The van der Waals surface area contributed by atoms with Crippen molar-refractivity contribution in [1.29, 1.82) is 0 Å². The number of thioether (sulfide) groups is 1. The summed E-state index contributed by atoms with van der Waals surface area (Å²) in [7, 11) is 1.48. The van der Waals surface area contributed by atoms with E-state index in [0.29, 0.717) is 21.4 Å². The van der Waals surface area contributed by atoms with Crippen LogP contribution in [0, 0.1) is 0 Å². The van der Waals surface area contributed by atoms with Crippen LogP contribution in [0.5, 0.6) is 5.75 Å². The van der Waals surface area contributed by atoms with Gasteiger partial charge in [0.2, 0.25) is 5.82 Å². The number of fused-ring (bicyclic) bond motifs is 1. The Morgan fingerprint density at radius 2 is 1.87 bits per heavy atom. The van der Waals surface area contributed by atoms with E-state index in [9.17, 15) is 13.2 Å². The standard InChI is InChI=1S/C16H17F3N2OS/c1-22-10-7-8-12-13(9-10)20-15(16(17,18)19)21-14(12)23-11-5-3-2-4-6-11/h7-9,11H,2-6H2,1H3. The average molecular weight is 342 g/mol. The third-order valence-corrected chi connectivity index (χ3v) is 5.29. The van der Waals surface area contributed by atoms with E-state index < -0.39 is 12.0 Å². The number of hydrogen-bond acceptors (Lipinski definition) is 4. The Labute approximate surface area is 136 Å². The maximum atomic E-state index is 13.1. The van der Waals surface area contributed by atoms with Gasteiger partial charge >= 0.3 is 6.18 Å². The van der Waals surface area contributed by atoms with Crippen molar-refractivity contribution < 1.29 is 17.9 Å². The summed E-state index contributed by atoms with van der Waals surface area (Å²) in [6.45, 7) is 0. The van der Waals surface area contributed by atoms with E-state index >= 15 is 0 Å². The van der Waals surface area contributed by atoms with Gasteiger partial charge in [0.15, 0.2) is 0 Å². The minimum Gasteiger partial charge on any atom is -0.497 e.